The summed E-state index contributed by atoms with van der Waals surface area (Å²) in [7, 11) is -0.414. The molecule has 0 aromatic heterocycles. The molecule has 0 atom stereocenters. The van der Waals surface area contributed by atoms with E-state index in [1.54, 1.807) is 21.0 Å². The number of sulfonamides is 1. The Labute approximate surface area is 172 Å². The number of nitrogens with one attached hydrogen (secondary N) is 1. The number of methoxy groups -OCH3 is 1. The third kappa shape index (κ3) is 6.28. The second kappa shape index (κ2) is 10.4. The first kappa shape index (κ1) is 22.9. The van der Waals surface area contributed by atoms with Crippen molar-refractivity contribution in [1.82, 2.24) is 9.62 Å². The van der Waals surface area contributed by atoms with Crippen LogP contribution < -0.4 is 10.1 Å². The van der Waals surface area contributed by atoms with E-state index in [0.29, 0.717) is 25.3 Å². The highest BCUT2D eigenvalue weighted by Gasteiger charge is 2.23. The predicted octanol–water partition coefficient (Wildman–Crippen LogP) is 2.67. The zero-order valence-electron chi connectivity index (χ0n) is 17.2. The second-order valence-corrected chi connectivity index (χ2v) is 8.80. The van der Waals surface area contributed by atoms with E-state index in [4.69, 9.17) is 9.47 Å². The standard InChI is InChI=1S/C21H28N2O5S/c1-16(2)23(3)29(25,26)20-11-7-18(8-12-20)21(24)22-15-17-5-9-19(10-6-17)28-14-13-27-4/h5-12,16H,13-15H2,1-4H3,(H,22,24). The van der Waals surface area contributed by atoms with Gasteiger partial charge in [-0.25, -0.2) is 8.42 Å². The average molecular weight is 421 g/mol. The molecule has 0 radical (unpaired) electrons. The highest BCUT2D eigenvalue weighted by Crippen LogP contribution is 2.17. The van der Waals surface area contributed by atoms with Crippen molar-refractivity contribution < 1.29 is 22.7 Å². The molecule has 158 valence electrons. The first-order valence-corrected chi connectivity index (χ1v) is 10.8. The van der Waals surface area contributed by atoms with Crippen LogP contribution in [0.25, 0.3) is 0 Å². The summed E-state index contributed by atoms with van der Waals surface area (Å²) in [6.07, 6.45) is 0. The molecule has 2 aromatic rings. The highest BCUT2D eigenvalue weighted by molar-refractivity contribution is 7.89. The molecule has 0 aliphatic rings. The zero-order chi connectivity index (χ0) is 21.4. The topological polar surface area (TPSA) is 84.9 Å². The molecule has 0 spiro atoms. The summed E-state index contributed by atoms with van der Waals surface area (Å²) < 4.78 is 36.7. The van der Waals surface area contributed by atoms with Gasteiger partial charge in [0.2, 0.25) is 10.0 Å². The predicted molar refractivity (Wildman–Crippen MR) is 112 cm³/mol. The Hall–Kier alpha value is -2.42. The van der Waals surface area contributed by atoms with Gasteiger partial charge in [0.05, 0.1) is 11.5 Å². The Morgan fingerprint density at radius 3 is 2.21 bits per heavy atom. The zero-order valence-corrected chi connectivity index (χ0v) is 18.0. The molecule has 2 aromatic carbocycles. The van der Waals surface area contributed by atoms with Crippen molar-refractivity contribution in [3.05, 3.63) is 59.7 Å². The molecule has 0 fully saturated rings. The van der Waals surface area contributed by atoms with Gasteiger partial charge in [-0.05, 0) is 55.8 Å². The van der Waals surface area contributed by atoms with Crippen LogP contribution >= 0.6 is 0 Å². The number of benzene rings is 2. The maximum absolute atomic E-state index is 12.5. The molecular weight excluding hydrogens is 392 g/mol. The summed E-state index contributed by atoms with van der Waals surface area (Å²) in [6, 6.07) is 13.2. The van der Waals surface area contributed by atoms with Crippen molar-refractivity contribution in [3.8, 4) is 5.75 Å². The van der Waals surface area contributed by atoms with Crippen molar-refractivity contribution in [1.29, 1.82) is 0 Å². The van der Waals surface area contributed by atoms with Crippen molar-refractivity contribution in [3.63, 3.8) is 0 Å². The minimum atomic E-state index is -3.57. The Balaban J connectivity index is 1.94. The molecule has 0 bridgehead atoms. The molecule has 0 unspecified atom stereocenters. The molecule has 1 N–H and O–H groups in total. The summed E-state index contributed by atoms with van der Waals surface area (Å²) in [4.78, 5) is 12.5. The van der Waals surface area contributed by atoms with E-state index in [0.717, 1.165) is 11.3 Å². The lowest BCUT2D eigenvalue weighted by molar-refractivity contribution is 0.0951. The largest absolute Gasteiger partial charge is 0.491 e. The monoisotopic (exact) mass is 420 g/mol. The van der Waals surface area contributed by atoms with Crippen LogP contribution in [0.5, 0.6) is 5.75 Å². The minimum Gasteiger partial charge on any atom is -0.491 e. The number of nitrogens with zero attached hydrogens (tertiary/aromatic N) is 1. The van der Waals surface area contributed by atoms with Crippen molar-refractivity contribution in [2.45, 2.75) is 31.3 Å². The SMILES string of the molecule is COCCOc1ccc(CNC(=O)c2ccc(S(=O)(=O)N(C)C(C)C)cc2)cc1. The smallest absolute Gasteiger partial charge is 0.251 e. The molecule has 0 aliphatic carbocycles. The fourth-order valence-corrected chi connectivity index (χ4v) is 3.82. The van der Waals surface area contributed by atoms with Gasteiger partial charge in [0, 0.05) is 32.3 Å². The minimum absolute atomic E-state index is 0.153. The molecule has 0 heterocycles. The fraction of sp³-hybridized carbons (Fsp3) is 0.381. The molecule has 2 rings (SSSR count). The highest BCUT2D eigenvalue weighted by atomic mass is 32.2. The van der Waals surface area contributed by atoms with Crippen molar-refractivity contribution >= 4 is 15.9 Å². The molecule has 0 saturated heterocycles. The summed E-state index contributed by atoms with van der Waals surface area (Å²) in [5, 5.41) is 2.83. The van der Waals surface area contributed by atoms with Gasteiger partial charge in [-0.3, -0.25) is 4.79 Å². The molecule has 8 heteroatoms. The molecule has 7 nitrogen and oxygen atoms in total. The van der Waals surface area contributed by atoms with E-state index in [-0.39, 0.29) is 16.8 Å². The van der Waals surface area contributed by atoms with Gasteiger partial charge < -0.3 is 14.8 Å². The quantitative estimate of drug-likeness (QED) is 0.598. The van der Waals surface area contributed by atoms with Crippen LogP contribution in [0.3, 0.4) is 0 Å². The van der Waals surface area contributed by atoms with Crippen LogP contribution in [-0.2, 0) is 21.3 Å². The van der Waals surface area contributed by atoms with Gasteiger partial charge >= 0.3 is 0 Å². The van der Waals surface area contributed by atoms with E-state index < -0.39 is 10.0 Å². The first-order valence-electron chi connectivity index (χ1n) is 9.32. The lowest BCUT2D eigenvalue weighted by Gasteiger charge is -2.21. The molecule has 1 amide bonds. The number of carbonyl (C=O) groups excluding carboxylic acids is 1. The summed E-state index contributed by atoms with van der Waals surface area (Å²) in [6.45, 7) is 4.96. The van der Waals surface area contributed by atoms with Gasteiger partial charge in [-0.15, -0.1) is 0 Å². The van der Waals surface area contributed by atoms with Crippen LogP contribution in [0, 0.1) is 0 Å². The number of ether oxygens (including phenoxy) is 2. The van der Waals surface area contributed by atoms with Crippen LogP contribution in [0.15, 0.2) is 53.4 Å². The van der Waals surface area contributed by atoms with Crippen molar-refractivity contribution in [2.75, 3.05) is 27.4 Å². The number of hydrogen-bond acceptors (Lipinski definition) is 5. The molecule has 0 saturated carbocycles. The third-order valence-electron chi connectivity index (χ3n) is 4.45. The maximum Gasteiger partial charge on any atom is 0.251 e. The molecule has 0 aliphatic heterocycles. The fourth-order valence-electron chi connectivity index (χ4n) is 2.45. The third-order valence-corrected chi connectivity index (χ3v) is 6.50. The number of hydrogen-bond donors (Lipinski definition) is 1. The van der Waals surface area contributed by atoms with E-state index in [1.165, 1.54) is 35.6 Å². The van der Waals surface area contributed by atoms with E-state index in [2.05, 4.69) is 5.32 Å². The van der Waals surface area contributed by atoms with Crippen LogP contribution in [0.1, 0.15) is 29.8 Å². The van der Waals surface area contributed by atoms with Crippen molar-refractivity contribution in [2.24, 2.45) is 0 Å². The van der Waals surface area contributed by atoms with E-state index >= 15 is 0 Å². The van der Waals surface area contributed by atoms with Gasteiger partial charge in [0.1, 0.15) is 12.4 Å². The van der Waals surface area contributed by atoms with Crippen LogP contribution in [-0.4, -0.2) is 52.0 Å². The van der Waals surface area contributed by atoms with E-state index in [9.17, 15) is 13.2 Å². The van der Waals surface area contributed by atoms with Crippen LogP contribution in [0.2, 0.25) is 0 Å². The lowest BCUT2D eigenvalue weighted by Crippen LogP contribution is -2.33. The Kier molecular flexibility index (Phi) is 8.19. The lowest BCUT2D eigenvalue weighted by atomic mass is 10.2. The molecule has 29 heavy (non-hydrogen) atoms. The number of rotatable bonds is 10. The van der Waals surface area contributed by atoms with Gasteiger partial charge in [-0.2, -0.15) is 4.31 Å². The Morgan fingerprint density at radius 2 is 1.66 bits per heavy atom. The summed E-state index contributed by atoms with van der Waals surface area (Å²) >= 11 is 0. The normalized spacial score (nSPS) is 11.7. The maximum atomic E-state index is 12.5. The first-order chi connectivity index (χ1) is 13.8. The summed E-state index contributed by atoms with van der Waals surface area (Å²) in [5.41, 5.74) is 1.32. The molecular formula is C21H28N2O5S. The number of carbonyl (C=O) groups is 1. The Morgan fingerprint density at radius 1 is 1.03 bits per heavy atom. The van der Waals surface area contributed by atoms with Crippen LogP contribution in [0.4, 0.5) is 0 Å². The second-order valence-electron chi connectivity index (χ2n) is 6.81. The Bertz CT molecular complexity index is 894. The summed E-state index contributed by atoms with van der Waals surface area (Å²) in [5.74, 6) is 0.465. The number of amides is 1. The average Bonchev–Trinajstić information content (AvgIpc) is 2.72. The van der Waals surface area contributed by atoms with Gasteiger partial charge in [-0.1, -0.05) is 12.1 Å². The van der Waals surface area contributed by atoms with Gasteiger partial charge in [0.15, 0.2) is 0 Å². The van der Waals surface area contributed by atoms with Gasteiger partial charge in [0.25, 0.3) is 5.91 Å². The van der Waals surface area contributed by atoms with E-state index in [1.807, 2.05) is 24.3 Å².